The fraction of sp³-hybridized carbons (Fsp3) is 0.100. The average Bonchev–Trinajstić information content (AvgIpc) is 2.75. The second-order valence-electron chi connectivity index (χ2n) is 2.32. The Kier molecular flexibility index (Phi) is 5.77. The number of hydrogen-bond donors (Lipinski definition) is 0. The van der Waals surface area contributed by atoms with Crippen LogP contribution in [0.5, 0.6) is 0 Å². The number of aromatic nitrogens is 1. The van der Waals surface area contributed by atoms with Gasteiger partial charge < -0.3 is 11.9 Å². The molecule has 0 aliphatic rings. The van der Waals surface area contributed by atoms with Gasteiger partial charge in [0.15, 0.2) is 5.76 Å². The minimum absolute atomic E-state index is 0. The molecule has 0 spiro atoms. The molecule has 0 aliphatic carbocycles. The van der Waals surface area contributed by atoms with Gasteiger partial charge in [-0.05, 0) is 17.3 Å². The third kappa shape index (κ3) is 2.71. The molecule has 4 heteroatoms. The summed E-state index contributed by atoms with van der Waals surface area (Å²) in [5.74, 6) is 0.782. The molecule has 0 amide bonds. The van der Waals surface area contributed by atoms with Crippen molar-refractivity contribution >= 4 is 11.8 Å². The molecule has 0 fully saturated rings. The molecule has 0 saturated heterocycles. The first-order valence-corrected chi connectivity index (χ1v) is 4.77. The minimum atomic E-state index is 0. The molecule has 0 N–H and O–H groups in total. The van der Waals surface area contributed by atoms with Crippen LogP contribution >= 0.6 is 11.8 Å². The van der Waals surface area contributed by atoms with E-state index in [9.17, 15) is 0 Å². The van der Waals surface area contributed by atoms with Crippen molar-refractivity contribution < 1.29 is 21.6 Å². The molecule has 14 heavy (non-hydrogen) atoms. The quantitative estimate of drug-likeness (QED) is 0.353. The number of nitrogens with zero attached hydrogens (tertiary/aromatic N) is 1. The van der Waals surface area contributed by atoms with Gasteiger partial charge in [-0.3, -0.25) is 29.4 Å². The van der Waals surface area contributed by atoms with Crippen LogP contribution in [0.1, 0.15) is 0 Å². The van der Waals surface area contributed by atoms with Gasteiger partial charge in [0.1, 0.15) is 0 Å². The van der Waals surface area contributed by atoms with E-state index in [1.54, 1.807) is 11.8 Å². The Hall–Kier alpha value is -0.571. The Morgan fingerprint density at radius 1 is 1.57 bits per heavy atom. The maximum atomic E-state index is 5.10. The molecule has 1 aromatic heterocycles. The molecule has 1 heterocycles. The van der Waals surface area contributed by atoms with E-state index in [0.717, 1.165) is 16.3 Å². The Balaban J connectivity index is 0.000000845. The average molecular weight is 248 g/mol. The second kappa shape index (κ2) is 6.02. The summed E-state index contributed by atoms with van der Waals surface area (Å²) in [6, 6.07) is 10.7. The van der Waals surface area contributed by atoms with Crippen molar-refractivity contribution in [3.8, 4) is 11.3 Å². The van der Waals surface area contributed by atoms with Crippen LogP contribution in [0.15, 0.2) is 33.8 Å². The van der Waals surface area contributed by atoms with E-state index in [1.807, 2.05) is 30.5 Å². The third-order valence-corrected chi connectivity index (χ3v) is 2.17. The maximum absolute atomic E-state index is 5.10. The van der Waals surface area contributed by atoms with Crippen molar-refractivity contribution in [2.24, 2.45) is 0 Å². The topological polar surface area (TPSA) is 25.4 Å². The number of hydrogen-bond acceptors (Lipinski definition) is 1. The molecule has 0 atom stereocenters. The summed E-state index contributed by atoms with van der Waals surface area (Å²) >= 11 is 1.57. The molecule has 0 unspecified atom stereocenters. The molecule has 0 aliphatic heterocycles. The van der Waals surface area contributed by atoms with Crippen LogP contribution in [0, 0.1) is 13.5 Å². The molecular weight excluding hydrogens is 238 g/mol. The molecule has 2 rings (SSSR count). The fourth-order valence-electron chi connectivity index (χ4n) is 0.966. The van der Waals surface area contributed by atoms with Gasteiger partial charge in [0.2, 0.25) is 0 Å². The Morgan fingerprint density at radius 2 is 2.36 bits per heavy atom. The summed E-state index contributed by atoms with van der Waals surface area (Å²) in [6.07, 6.45) is 1.97. The van der Waals surface area contributed by atoms with Crippen molar-refractivity contribution in [2.75, 3.05) is 6.26 Å². The third-order valence-electron chi connectivity index (χ3n) is 1.56. The molecular formula is C10H10FeNOS. The van der Waals surface area contributed by atoms with Crippen LogP contribution in [-0.4, -0.2) is 6.26 Å². The maximum Gasteiger partial charge on any atom is 3.00 e. The zero-order valence-corrected chi connectivity index (χ0v) is 9.85. The first kappa shape index (κ1) is 13.4. The van der Waals surface area contributed by atoms with Crippen LogP contribution < -0.4 is 5.16 Å². The van der Waals surface area contributed by atoms with Crippen molar-refractivity contribution in [1.82, 2.24) is 5.16 Å². The SMILES string of the molecule is CSc1cc(-c2[c-]cc[cH-]2)[o+][n-]1.[CH3-].[Fe+3]. The van der Waals surface area contributed by atoms with Crippen LogP contribution in [0.4, 0.5) is 0 Å². The van der Waals surface area contributed by atoms with E-state index in [0.29, 0.717) is 0 Å². The predicted molar refractivity (Wildman–Crippen MR) is 54.5 cm³/mol. The zero-order valence-electron chi connectivity index (χ0n) is 7.93. The van der Waals surface area contributed by atoms with Crippen LogP contribution in [0.25, 0.3) is 11.3 Å². The summed E-state index contributed by atoms with van der Waals surface area (Å²) < 4.78 is 5.10. The first-order valence-electron chi connectivity index (χ1n) is 3.54. The summed E-state index contributed by atoms with van der Waals surface area (Å²) in [5.41, 5.74) is 0.961. The van der Waals surface area contributed by atoms with Crippen molar-refractivity contribution in [3.05, 3.63) is 37.8 Å². The van der Waals surface area contributed by atoms with E-state index in [-0.39, 0.29) is 24.5 Å². The van der Waals surface area contributed by atoms with Gasteiger partial charge in [0.25, 0.3) is 0 Å². The monoisotopic (exact) mass is 248 g/mol. The predicted octanol–water partition coefficient (Wildman–Crippen LogP) is 2.87. The van der Waals surface area contributed by atoms with Gasteiger partial charge >= 0.3 is 17.1 Å². The fourth-order valence-corrected chi connectivity index (χ4v) is 1.30. The van der Waals surface area contributed by atoms with E-state index in [1.165, 1.54) is 0 Å². The first-order chi connectivity index (χ1) is 5.90. The van der Waals surface area contributed by atoms with E-state index in [2.05, 4.69) is 11.2 Å². The largest absolute Gasteiger partial charge is 3.00 e. The zero-order chi connectivity index (χ0) is 8.39. The molecule has 1 radical (unpaired) electrons. The van der Waals surface area contributed by atoms with Crippen LogP contribution in [0.2, 0.25) is 0 Å². The molecule has 0 saturated carbocycles. The van der Waals surface area contributed by atoms with Gasteiger partial charge in [-0.15, -0.1) is 11.8 Å². The van der Waals surface area contributed by atoms with Crippen molar-refractivity contribution in [3.63, 3.8) is 0 Å². The number of rotatable bonds is 2. The van der Waals surface area contributed by atoms with Gasteiger partial charge in [0, 0.05) is 0 Å². The van der Waals surface area contributed by atoms with Crippen molar-refractivity contribution in [2.45, 2.75) is 5.03 Å². The van der Waals surface area contributed by atoms with Crippen LogP contribution in [-0.2, 0) is 17.1 Å². The standard InChI is InChI=1S/C9H7NOS.CH3.Fe/c1-12-9-6-8(11-10-9)7-4-2-3-5-7;;/h2-4,6H,1H3;1H3;/q-2;-1;+3. The molecule has 0 bridgehead atoms. The van der Waals surface area contributed by atoms with Gasteiger partial charge in [0.05, 0.1) is 0 Å². The van der Waals surface area contributed by atoms with E-state index in [4.69, 9.17) is 4.52 Å². The molecule has 2 aromatic rings. The summed E-state index contributed by atoms with van der Waals surface area (Å²) in [4.78, 5) is 0. The summed E-state index contributed by atoms with van der Waals surface area (Å²) in [7, 11) is 0. The molecule has 75 valence electrons. The molecule has 2 nitrogen and oxygen atoms in total. The van der Waals surface area contributed by atoms with Crippen LogP contribution in [0.3, 0.4) is 0 Å². The number of thioether (sulfide) groups is 1. The van der Waals surface area contributed by atoms with Gasteiger partial charge in [-0.25, -0.2) is 0 Å². The summed E-state index contributed by atoms with van der Waals surface area (Å²) in [5, 5.41) is 4.76. The Labute approximate surface area is 98.9 Å². The smallest absolute Gasteiger partial charge is 0.358 e. The van der Waals surface area contributed by atoms with Gasteiger partial charge in [-0.2, -0.15) is 5.56 Å². The summed E-state index contributed by atoms with van der Waals surface area (Å²) in [6.45, 7) is 0. The van der Waals surface area contributed by atoms with E-state index >= 15 is 0 Å². The normalized spacial score (nSPS) is 8.93. The molecule has 1 aromatic carbocycles. The second-order valence-corrected chi connectivity index (χ2v) is 3.14. The Bertz CT molecular complexity index is 356. The van der Waals surface area contributed by atoms with Crippen molar-refractivity contribution in [1.29, 1.82) is 0 Å². The minimum Gasteiger partial charge on any atom is -0.358 e. The Morgan fingerprint density at radius 3 is 2.86 bits per heavy atom. The van der Waals surface area contributed by atoms with E-state index < -0.39 is 0 Å². The van der Waals surface area contributed by atoms with Gasteiger partial charge in [-0.1, -0.05) is 0 Å².